The highest BCUT2D eigenvalue weighted by Gasteiger charge is 2.16. The molecule has 5 nitrogen and oxygen atoms in total. The zero-order chi connectivity index (χ0) is 15.0. The molecular weight excluding hydrogens is 371 g/mol. The summed E-state index contributed by atoms with van der Waals surface area (Å²) in [5, 5.41) is 7.93. The monoisotopic (exact) mass is 390 g/mol. The van der Waals surface area contributed by atoms with Gasteiger partial charge in [0, 0.05) is 17.3 Å². The summed E-state index contributed by atoms with van der Waals surface area (Å²) in [6.45, 7) is 3.92. The molecule has 0 bridgehead atoms. The number of nitrogens with zero attached hydrogens (tertiary/aromatic N) is 2. The van der Waals surface area contributed by atoms with Crippen LogP contribution in [0.15, 0.2) is 36.7 Å². The van der Waals surface area contributed by atoms with Crippen LogP contribution in [0.1, 0.15) is 19.4 Å². The molecule has 0 unspecified atom stereocenters. The predicted molar refractivity (Wildman–Crippen MR) is 105 cm³/mol. The molecule has 3 aromatic rings. The van der Waals surface area contributed by atoms with Crippen LogP contribution in [0.2, 0.25) is 0 Å². The summed E-state index contributed by atoms with van der Waals surface area (Å²) in [4.78, 5) is 4.52. The highest BCUT2D eigenvalue weighted by Crippen LogP contribution is 2.35. The van der Waals surface area contributed by atoms with Crippen LogP contribution in [0, 0.1) is 0 Å². The van der Waals surface area contributed by atoms with Crippen molar-refractivity contribution in [1.29, 1.82) is 0 Å². The lowest BCUT2D eigenvalue weighted by Gasteiger charge is -2.19. The van der Waals surface area contributed by atoms with E-state index in [2.05, 4.69) is 15.2 Å². The van der Waals surface area contributed by atoms with Crippen LogP contribution in [0.5, 0.6) is 5.75 Å². The molecule has 1 aromatic carbocycles. The first-order chi connectivity index (χ1) is 10.0. The van der Waals surface area contributed by atoms with E-state index in [4.69, 9.17) is 10.5 Å². The fourth-order valence-corrected chi connectivity index (χ4v) is 2.35. The first-order valence-electron chi connectivity index (χ1n) is 6.76. The Labute approximate surface area is 159 Å². The van der Waals surface area contributed by atoms with E-state index in [-0.39, 0.29) is 37.2 Å². The van der Waals surface area contributed by atoms with E-state index in [1.165, 1.54) is 0 Å². The van der Waals surface area contributed by atoms with Gasteiger partial charge in [0.15, 0.2) is 0 Å². The SMILES string of the molecule is COc1c(-c2ccc(C(C)(C)N)cn2)ccc2[nH]ncc12.Cl.Cl.Cl. The first kappa shape index (κ1) is 22.5. The Morgan fingerprint density at radius 3 is 2.29 bits per heavy atom. The molecule has 2 aromatic heterocycles. The molecule has 0 saturated carbocycles. The number of nitrogens with two attached hydrogens (primary N) is 1. The molecule has 0 fully saturated rings. The van der Waals surface area contributed by atoms with Crippen LogP contribution >= 0.6 is 37.2 Å². The van der Waals surface area contributed by atoms with Crippen molar-refractivity contribution < 1.29 is 4.74 Å². The van der Waals surface area contributed by atoms with E-state index in [1.807, 2.05) is 44.3 Å². The summed E-state index contributed by atoms with van der Waals surface area (Å²) in [5.74, 6) is 0.772. The number of aromatic amines is 1. The molecule has 0 amide bonds. The van der Waals surface area contributed by atoms with E-state index in [0.29, 0.717) is 0 Å². The number of H-pyrrole nitrogens is 1. The molecule has 8 heteroatoms. The van der Waals surface area contributed by atoms with Crippen LogP contribution in [0.25, 0.3) is 22.2 Å². The Balaban J connectivity index is 0.00000176. The zero-order valence-corrected chi connectivity index (χ0v) is 16.0. The standard InChI is InChI=1S/C16H18N4O.3ClH/c1-16(2,17)10-4-6-13(18-8-10)11-5-7-14-12(9-19-20-14)15(11)21-3;;;/h4-9H,17H2,1-3H3,(H,19,20);3*1H. The van der Waals surface area contributed by atoms with Gasteiger partial charge >= 0.3 is 0 Å². The molecule has 0 aliphatic rings. The Morgan fingerprint density at radius 1 is 1.04 bits per heavy atom. The fourth-order valence-electron chi connectivity index (χ4n) is 2.35. The quantitative estimate of drug-likeness (QED) is 0.705. The number of aromatic nitrogens is 3. The van der Waals surface area contributed by atoms with Gasteiger partial charge in [0.1, 0.15) is 5.75 Å². The average molecular weight is 392 g/mol. The lowest BCUT2D eigenvalue weighted by Crippen LogP contribution is -2.28. The Bertz CT molecular complexity index is 782. The van der Waals surface area contributed by atoms with Gasteiger partial charge in [-0.25, -0.2) is 0 Å². The third-order valence-corrected chi connectivity index (χ3v) is 3.56. The molecule has 0 spiro atoms. The van der Waals surface area contributed by atoms with Gasteiger partial charge in [-0.05, 0) is 37.6 Å². The van der Waals surface area contributed by atoms with Gasteiger partial charge in [0.25, 0.3) is 0 Å². The van der Waals surface area contributed by atoms with Crippen LogP contribution < -0.4 is 10.5 Å². The number of rotatable bonds is 3. The average Bonchev–Trinajstić information content (AvgIpc) is 2.94. The van der Waals surface area contributed by atoms with Crippen LogP contribution in [0.4, 0.5) is 0 Å². The molecule has 132 valence electrons. The van der Waals surface area contributed by atoms with Crippen molar-refractivity contribution >= 4 is 48.1 Å². The van der Waals surface area contributed by atoms with Crippen molar-refractivity contribution in [1.82, 2.24) is 15.2 Å². The van der Waals surface area contributed by atoms with Crippen molar-refractivity contribution in [3.8, 4) is 17.0 Å². The molecule has 3 rings (SSSR count). The van der Waals surface area contributed by atoms with Crippen molar-refractivity contribution in [3.05, 3.63) is 42.2 Å². The Morgan fingerprint density at radius 2 is 1.75 bits per heavy atom. The number of hydrogen-bond acceptors (Lipinski definition) is 4. The van der Waals surface area contributed by atoms with E-state index < -0.39 is 5.54 Å². The fraction of sp³-hybridized carbons (Fsp3) is 0.250. The smallest absolute Gasteiger partial charge is 0.139 e. The van der Waals surface area contributed by atoms with Crippen molar-refractivity contribution in [2.75, 3.05) is 7.11 Å². The van der Waals surface area contributed by atoms with E-state index in [1.54, 1.807) is 13.3 Å². The molecule has 0 aliphatic carbocycles. The Kier molecular flexibility index (Phi) is 7.99. The lowest BCUT2D eigenvalue weighted by atomic mass is 9.96. The molecule has 2 heterocycles. The Hall–Kier alpha value is -1.53. The molecular formula is C16H21Cl3N4O. The second-order valence-electron chi connectivity index (χ2n) is 5.63. The molecule has 0 aliphatic heterocycles. The molecule has 24 heavy (non-hydrogen) atoms. The number of hydrogen-bond donors (Lipinski definition) is 2. The summed E-state index contributed by atoms with van der Waals surface area (Å²) in [5.41, 5.74) is 9.41. The maximum atomic E-state index is 6.09. The van der Waals surface area contributed by atoms with Crippen molar-refractivity contribution in [3.63, 3.8) is 0 Å². The number of pyridine rings is 1. The van der Waals surface area contributed by atoms with Gasteiger partial charge in [-0.3, -0.25) is 10.1 Å². The maximum Gasteiger partial charge on any atom is 0.139 e. The first-order valence-corrected chi connectivity index (χ1v) is 6.76. The van der Waals surface area contributed by atoms with Crippen LogP contribution in [0.3, 0.4) is 0 Å². The van der Waals surface area contributed by atoms with Crippen molar-refractivity contribution in [2.24, 2.45) is 5.73 Å². The second kappa shape index (κ2) is 8.53. The minimum Gasteiger partial charge on any atom is -0.495 e. The van der Waals surface area contributed by atoms with Crippen LogP contribution in [-0.4, -0.2) is 22.3 Å². The van der Waals surface area contributed by atoms with Gasteiger partial charge in [0.2, 0.25) is 0 Å². The van der Waals surface area contributed by atoms with E-state index >= 15 is 0 Å². The lowest BCUT2D eigenvalue weighted by molar-refractivity contribution is 0.421. The van der Waals surface area contributed by atoms with E-state index in [0.717, 1.165) is 33.5 Å². The molecule has 0 radical (unpaired) electrons. The molecule has 0 saturated heterocycles. The van der Waals surface area contributed by atoms with Crippen molar-refractivity contribution in [2.45, 2.75) is 19.4 Å². The number of nitrogens with one attached hydrogen (secondary N) is 1. The van der Waals surface area contributed by atoms with Gasteiger partial charge in [-0.2, -0.15) is 5.10 Å². The third kappa shape index (κ3) is 4.11. The van der Waals surface area contributed by atoms with Gasteiger partial charge in [-0.15, -0.1) is 37.2 Å². The molecule has 0 atom stereocenters. The number of benzene rings is 1. The number of methoxy groups -OCH3 is 1. The minimum absolute atomic E-state index is 0. The zero-order valence-electron chi connectivity index (χ0n) is 13.6. The molecule has 3 N–H and O–H groups in total. The largest absolute Gasteiger partial charge is 0.495 e. The number of halogens is 3. The highest BCUT2D eigenvalue weighted by molar-refractivity contribution is 5.92. The highest BCUT2D eigenvalue weighted by atomic mass is 35.5. The van der Waals surface area contributed by atoms with E-state index in [9.17, 15) is 0 Å². The number of fused-ring (bicyclic) bond motifs is 1. The summed E-state index contributed by atoms with van der Waals surface area (Å²) in [6.07, 6.45) is 3.57. The predicted octanol–water partition coefficient (Wildman–Crippen LogP) is 4.09. The third-order valence-electron chi connectivity index (χ3n) is 3.56. The number of ether oxygens (including phenoxy) is 1. The van der Waals surface area contributed by atoms with Crippen LogP contribution in [-0.2, 0) is 5.54 Å². The summed E-state index contributed by atoms with van der Waals surface area (Å²) in [6, 6.07) is 7.92. The van der Waals surface area contributed by atoms with Gasteiger partial charge < -0.3 is 10.5 Å². The second-order valence-corrected chi connectivity index (χ2v) is 5.63. The summed E-state index contributed by atoms with van der Waals surface area (Å²) in [7, 11) is 1.66. The minimum atomic E-state index is -0.399. The normalized spacial score (nSPS) is 10.3. The maximum absolute atomic E-state index is 6.09. The summed E-state index contributed by atoms with van der Waals surface area (Å²) < 4.78 is 5.54. The topological polar surface area (TPSA) is 76.8 Å². The van der Waals surface area contributed by atoms with Gasteiger partial charge in [0.05, 0.1) is 29.9 Å². The van der Waals surface area contributed by atoms with Gasteiger partial charge in [-0.1, -0.05) is 6.07 Å². The summed E-state index contributed by atoms with van der Waals surface area (Å²) >= 11 is 0.